The Balaban J connectivity index is 1.74. The highest BCUT2D eigenvalue weighted by molar-refractivity contribution is 7.21. The second-order valence-corrected chi connectivity index (χ2v) is 7.88. The third-order valence-corrected chi connectivity index (χ3v) is 5.72. The van der Waals surface area contributed by atoms with Crippen LogP contribution in [0.1, 0.15) is 26.5 Å². The minimum Gasteiger partial charge on any atom is -0.347 e. The van der Waals surface area contributed by atoms with E-state index in [9.17, 15) is 4.79 Å². The summed E-state index contributed by atoms with van der Waals surface area (Å²) < 4.78 is 1.99. The lowest BCUT2D eigenvalue weighted by atomic mass is 10.1. The van der Waals surface area contributed by atoms with Crippen LogP contribution in [0.25, 0.3) is 15.9 Å². The highest BCUT2D eigenvalue weighted by Crippen LogP contribution is 2.35. The summed E-state index contributed by atoms with van der Waals surface area (Å²) >= 11 is 7.36. The van der Waals surface area contributed by atoms with E-state index in [1.165, 1.54) is 11.3 Å². The Morgan fingerprint density at radius 3 is 2.59 bits per heavy atom. The molecule has 0 unspecified atom stereocenters. The van der Waals surface area contributed by atoms with Crippen LogP contribution in [0.4, 0.5) is 0 Å². The van der Waals surface area contributed by atoms with Gasteiger partial charge in [-0.2, -0.15) is 0 Å². The van der Waals surface area contributed by atoms with Crippen LogP contribution in [-0.4, -0.2) is 15.5 Å². The summed E-state index contributed by atoms with van der Waals surface area (Å²) in [5.41, 5.74) is 3.96. The fourth-order valence-corrected chi connectivity index (χ4v) is 4.51. The lowest BCUT2D eigenvalue weighted by molar-refractivity contribution is 0.0955. The number of aryl methyl sites for hydroxylation is 2. The minimum atomic E-state index is -0.103. The first-order valence-electron chi connectivity index (χ1n) is 8.59. The SMILES string of the molecule is Cc1cc(C)c2c(-n3cccc3)c(C(=O)NCc3ccc(Cl)cc3)sc2n1. The topological polar surface area (TPSA) is 46.9 Å². The van der Waals surface area contributed by atoms with Gasteiger partial charge in [0.1, 0.15) is 9.71 Å². The number of amides is 1. The van der Waals surface area contributed by atoms with E-state index in [0.717, 1.165) is 32.7 Å². The van der Waals surface area contributed by atoms with Crippen LogP contribution < -0.4 is 5.32 Å². The molecule has 136 valence electrons. The molecule has 0 aliphatic rings. The number of nitrogens with one attached hydrogen (secondary N) is 1. The third kappa shape index (κ3) is 3.48. The predicted octanol–water partition coefficient (Wildman–Crippen LogP) is 5.29. The maximum Gasteiger partial charge on any atom is 0.263 e. The highest BCUT2D eigenvalue weighted by Gasteiger charge is 2.22. The number of carbonyl (C=O) groups is 1. The van der Waals surface area contributed by atoms with E-state index in [0.29, 0.717) is 16.4 Å². The number of aromatic nitrogens is 2. The molecule has 27 heavy (non-hydrogen) atoms. The molecule has 6 heteroatoms. The monoisotopic (exact) mass is 395 g/mol. The van der Waals surface area contributed by atoms with E-state index in [1.807, 2.05) is 60.3 Å². The molecule has 1 N–H and O–H groups in total. The van der Waals surface area contributed by atoms with Gasteiger partial charge in [0.25, 0.3) is 5.91 Å². The molecule has 0 aliphatic carbocycles. The van der Waals surface area contributed by atoms with Crippen molar-refractivity contribution in [1.29, 1.82) is 0 Å². The van der Waals surface area contributed by atoms with Gasteiger partial charge in [-0.3, -0.25) is 4.79 Å². The third-order valence-electron chi connectivity index (χ3n) is 4.40. The van der Waals surface area contributed by atoms with Crippen molar-refractivity contribution >= 4 is 39.1 Å². The Kier molecular flexibility index (Phi) is 4.72. The van der Waals surface area contributed by atoms with Crippen LogP contribution in [0.5, 0.6) is 0 Å². The number of rotatable bonds is 4. The molecule has 1 aromatic carbocycles. The molecule has 4 rings (SSSR count). The summed E-state index contributed by atoms with van der Waals surface area (Å²) in [6.07, 6.45) is 3.91. The fourth-order valence-electron chi connectivity index (χ4n) is 3.17. The first-order valence-corrected chi connectivity index (χ1v) is 9.79. The summed E-state index contributed by atoms with van der Waals surface area (Å²) in [6, 6.07) is 13.4. The molecular weight excluding hydrogens is 378 g/mol. The molecule has 0 radical (unpaired) electrons. The molecule has 3 heterocycles. The zero-order chi connectivity index (χ0) is 19.0. The molecular formula is C21H18ClN3OS. The van der Waals surface area contributed by atoms with Gasteiger partial charge in [0.15, 0.2) is 0 Å². The molecule has 4 aromatic rings. The molecule has 0 spiro atoms. The Bertz CT molecular complexity index is 1110. The normalized spacial score (nSPS) is 11.1. The van der Waals surface area contributed by atoms with Crippen molar-refractivity contribution < 1.29 is 4.79 Å². The largest absolute Gasteiger partial charge is 0.347 e. The molecule has 4 nitrogen and oxygen atoms in total. The Morgan fingerprint density at radius 1 is 1.19 bits per heavy atom. The predicted molar refractivity (Wildman–Crippen MR) is 111 cm³/mol. The van der Waals surface area contributed by atoms with Crippen LogP contribution >= 0.6 is 22.9 Å². The van der Waals surface area contributed by atoms with E-state index < -0.39 is 0 Å². The smallest absolute Gasteiger partial charge is 0.263 e. The number of hydrogen-bond donors (Lipinski definition) is 1. The van der Waals surface area contributed by atoms with Crippen molar-refractivity contribution in [3.05, 3.63) is 81.6 Å². The minimum absolute atomic E-state index is 0.103. The average Bonchev–Trinajstić information content (AvgIpc) is 3.28. The first kappa shape index (κ1) is 17.8. The number of carbonyl (C=O) groups excluding carboxylic acids is 1. The second-order valence-electron chi connectivity index (χ2n) is 6.44. The maximum atomic E-state index is 13.0. The summed E-state index contributed by atoms with van der Waals surface area (Å²) in [4.78, 5) is 19.2. The number of benzene rings is 1. The van der Waals surface area contributed by atoms with Gasteiger partial charge in [-0.1, -0.05) is 23.7 Å². The molecule has 0 fully saturated rings. The number of halogens is 1. The Labute approximate surface area is 166 Å². The van der Waals surface area contributed by atoms with E-state index in [2.05, 4.69) is 23.3 Å². The lowest BCUT2D eigenvalue weighted by Crippen LogP contribution is -2.23. The van der Waals surface area contributed by atoms with Crippen LogP contribution in [-0.2, 0) is 6.54 Å². The summed E-state index contributed by atoms with van der Waals surface area (Å²) in [5.74, 6) is -0.103. The first-order chi connectivity index (χ1) is 13.0. The molecule has 3 aromatic heterocycles. The summed E-state index contributed by atoms with van der Waals surface area (Å²) in [7, 11) is 0. The molecule has 0 saturated carbocycles. The van der Waals surface area contributed by atoms with Crippen LogP contribution in [0, 0.1) is 13.8 Å². The van der Waals surface area contributed by atoms with Gasteiger partial charge < -0.3 is 9.88 Å². The quantitative estimate of drug-likeness (QED) is 0.510. The van der Waals surface area contributed by atoms with Gasteiger partial charge >= 0.3 is 0 Å². The summed E-state index contributed by atoms with van der Waals surface area (Å²) in [5, 5.41) is 4.73. The van der Waals surface area contributed by atoms with Gasteiger partial charge in [-0.05, 0) is 55.3 Å². The molecule has 1 amide bonds. The molecule has 0 bridgehead atoms. The Morgan fingerprint density at radius 2 is 1.89 bits per heavy atom. The van der Waals surface area contributed by atoms with E-state index in [1.54, 1.807) is 0 Å². The zero-order valence-electron chi connectivity index (χ0n) is 15.0. The second kappa shape index (κ2) is 7.18. The van der Waals surface area contributed by atoms with Gasteiger partial charge in [0.2, 0.25) is 0 Å². The number of fused-ring (bicyclic) bond motifs is 1. The van der Waals surface area contributed by atoms with Crippen molar-refractivity contribution in [2.45, 2.75) is 20.4 Å². The molecule has 0 atom stereocenters. The van der Waals surface area contributed by atoms with E-state index in [4.69, 9.17) is 11.6 Å². The van der Waals surface area contributed by atoms with Gasteiger partial charge in [0.05, 0.1) is 5.69 Å². The van der Waals surface area contributed by atoms with E-state index in [-0.39, 0.29) is 5.91 Å². The van der Waals surface area contributed by atoms with Crippen molar-refractivity contribution in [2.24, 2.45) is 0 Å². The zero-order valence-corrected chi connectivity index (χ0v) is 16.6. The van der Waals surface area contributed by atoms with E-state index >= 15 is 0 Å². The van der Waals surface area contributed by atoms with Crippen molar-refractivity contribution in [3.63, 3.8) is 0 Å². The molecule has 0 aliphatic heterocycles. The number of pyridine rings is 1. The van der Waals surface area contributed by atoms with Crippen molar-refractivity contribution in [3.8, 4) is 5.69 Å². The standard InChI is InChI=1S/C21H18ClN3OS/c1-13-11-14(2)24-21-17(13)18(25-9-3-4-10-25)19(27-21)20(26)23-12-15-5-7-16(22)8-6-15/h3-11H,12H2,1-2H3,(H,23,26). The molecule has 0 saturated heterocycles. The van der Waals surface area contributed by atoms with Crippen molar-refractivity contribution in [2.75, 3.05) is 0 Å². The fraction of sp³-hybridized carbons (Fsp3) is 0.143. The van der Waals surface area contributed by atoms with Crippen LogP contribution in [0.2, 0.25) is 5.02 Å². The van der Waals surface area contributed by atoms with Crippen LogP contribution in [0.15, 0.2) is 54.9 Å². The highest BCUT2D eigenvalue weighted by atomic mass is 35.5. The van der Waals surface area contributed by atoms with Gasteiger partial charge in [-0.15, -0.1) is 11.3 Å². The maximum absolute atomic E-state index is 13.0. The number of hydrogen-bond acceptors (Lipinski definition) is 3. The lowest BCUT2D eigenvalue weighted by Gasteiger charge is -2.09. The number of thiophene rings is 1. The van der Waals surface area contributed by atoms with Gasteiger partial charge in [0, 0.05) is 35.0 Å². The average molecular weight is 396 g/mol. The number of nitrogens with zero attached hydrogens (tertiary/aromatic N) is 2. The van der Waals surface area contributed by atoms with Crippen molar-refractivity contribution in [1.82, 2.24) is 14.9 Å². The summed E-state index contributed by atoms with van der Waals surface area (Å²) in [6.45, 7) is 4.48. The van der Waals surface area contributed by atoms with Crippen LogP contribution in [0.3, 0.4) is 0 Å². The Hall–Kier alpha value is -2.63. The van der Waals surface area contributed by atoms with Gasteiger partial charge in [-0.25, -0.2) is 4.98 Å².